The number of nitrogens with one attached hydrogen (secondary N) is 2. The van der Waals surface area contributed by atoms with Crippen molar-refractivity contribution in [3.8, 4) is 0 Å². The lowest BCUT2D eigenvalue weighted by atomic mass is 9.81. The smallest absolute Gasteiger partial charge is 0.220 e. The molecule has 1 amide bonds. The first-order valence-corrected chi connectivity index (χ1v) is 6.59. The summed E-state index contributed by atoms with van der Waals surface area (Å²) in [6.45, 7) is 8.72. The first-order chi connectivity index (χ1) is 8.56. The van der Waals surface area contributed by atoms with Crippen LogP contribution in [0, 0.1) is 0 Å². The summed E-state index contributed by atoms with van der Waals surface area (Å²) in [6.07, 6.45) is 0.517. The molecule has 0 spiro atoms. The van der Waals surface area contributed by atoms with Crippen molar-refractivity contribution in [3.05, 3.63) is 35.9 Å². The Kier molecular flexibility index (Phi) is 8.44. The van der Waals surface area contributed by atoms with Gasteiger partial charge in [-0.05, 0) is 17.5 Å². The second-order valence-corrected chi connectivity index (χ2v) is 5.13. The molecule has 0 bridgehead atoms. The first kappa shape index (κ1) is 17.9. The van der Waals surface area contributed by atoms with Gasteiger partial charge < -0.3 is 10.6 Å². The molecule has 0 saturated heterocycles. The number of rotatable bonds is 7. The molecule has 1 rings (SSSR count). The molecule has 108 valence electrons. The maximum absolute atomic E-state index is 11.9. The van der Waals surface area contributed by atoms with E-state index < -0.39 is 0 Å². The van der Waals surface area contributed by atoms with Gasteiger partial charge >= 0.3 is 0 Å². The molecular formula is C15H25ClN2O. The zero-order valence-corrected chi connectivity index (χ0v) is 12.8. The summed E-state index contributed by atoms with van der Waals surface area (Å²) in [6, 6.07) is 10.2. The van der Waals surface area contributed by atoms with Gasteiger partial charge in [-0.15, -0.1) is 12.4 Å². The van der Waals surface area contributed by atoms with Gasteiger partial charge in [0, 0.05) is 19.5 Å². The number of halogens is 1. The van der Waals surface area contributed by atoms with Crippen molar-refractivity contribution in [2.24, 2.45) is 0 Å². The minimum absolute atomic E-state index is 0. The van der Waals surface area contributed by atoms with Crippen molar-refractivity contribution in [2.75, 3.05) is 19.6 Å². The van der Waals surface area contributed by atoms with Gasteiger partial charge in [0.25, 0.3) is 0 Å². The van der Waals surface area contributed by atoms with Crippen LogP contribution in [0.5, 0.6) is 0 Å². The van der Waals surface area contributed by atoms with Crippen LogP contribution >= 0.6 is 12.4 Å². The van der Waals surface area contributed by atoms with Gasteiger partial charge in [-0.25, -0.2) is 0 Å². The Hall–Kier alpha value is -1.06. The van der Waals surface area contributed by atoms with Crippen molar-refractivity contribution in [1.82, 2.24) is 10.6 Å². The minimum atomic E-state index is -0.121. The fourth-order valence-corrected chi connectivity index (χ4v) is 1.92. The van der Waals surface area contributed by atoms with Gasteiger partial charge in [0.1, 0.15) is 0 Å². The van der Waals surface area contributed by atoms with E-state index in [0.717, 1.165) is 13.1 Å². The molecule has 0 aliphatic carbocycles. The van der Waals surface area contributed by atoms with E-state index in [-0.39, 0.29) is 23.7 Å². The number of hydrogen-bond donors (Lipinski definition) is 2. The quantitative estimate of drug-likeness (QED) is 0.756. The molecule has 1 aromatic rings. The lowest BCUT2D eigenvalue weighted by molar-refractivity contribution is -0.122. The standard InChI is InChI=1S/C15H24N2O.ClH/c1-4-16-10-11-17-14(18)12-15(2,3)13-8-6-5-7-9-13;/h5-9,16H,4,10-12H2,1-3H3,(H,17,18);1H. The van der Waals surface area contributed by atoms with Crippen molar-refractivity contribution < 1.29 is 4.79 Å². The average molecular weight is 285 g/mol. The topological polar surface area (TPSA) is 41.1 Å². The van der Waals surface area contributed by atoms with E-state index in [9.17, 15) is 4.79 Å². The zero-order valence-electron chi connectivity index (χ0n) is 12.0. The van der Waals surface area contributed by atoms with Gasteiger partial charge in [0.2, 0.25) is 5.91 Å². The molecule has 0 unspecified atom stereocenters. The zero-order chi connectivity index (χ0) is 13.4. The Balaban J connectivity index is 0.00000324. The largest absolute Gasteiger partial charge is 0.355 e. The molecular weight excluding hydrogens is 260 g/mol. The van der Waals surface area contributed by atoms with Gasteiger partial charge in [-0.1, -0.05) is 51.1 Å². The number of benzene rings is 1. The predicted octanol–water partition coefficient (Wildman–Crippen LogP) is 2.50. The number of likely N-dealkylation sites (N-methyl/N-ethyl adjacent to an activating group) is 1. The van der Waals surface area contributed by atoms with E-state index in [1.165, 1.54) is 5.56 Å². The third-order valence-electron chi connectivity index (χ3n) is 3.03. The molecule has 19 heavy (non-hydrogen) atoms. The lowest BCUT2D eigenvalue weighted by Gasteiger charge is -2.24. The van der Waals surface area contributed by atoms with Crippen LogP contribution in [-0.2, 0) is 10.2 Å². The van der Waals surface area contributed by atoms with Crippen molar-refractivity contribution in [3.63, 3.8) is 0 Å². The lowest BCUT2D eigenvalue weighted by Crippen LogP contribution is -2.35. The van der Waals surface area contributed by atoms with Crippen molar-refractivity contribution in [2.45, 2.75) is 32.6 Å². The van der Waals surface area contributed by atoms with E-state index in [4.69, 9.17) is 0 Å². The fraction of sp³-hybridized carbons (Fsp3) is 0.533. The molecule has 0 aliphatic rings. The summed E-state index contributed by atoms with van der Waals surface area (Å²) in [5, 5.41) is 6.13. The summed E-state index contributed by atoms with van der Waals surface area (Å²) in [5.41, 5.74) is 1.08. The maximum Gasteiger partial charge on any atom is 0.220 e. The van der Waals surface area contributed by atoms with Crippen LogP contribution in [0.1, 0.15) is 32.8 Å². The third-order valence-corrected chi connectivity index (χ3v) is 3.03. The van der Waals surface area contributed by atoms with E-state index in [1.807, 2.05) is 18.2 Å². The number of carbonyl (C=O) groups excluding carboxylic acids is 1. The van der Waals surface area contributed by atoms with Crippen LogP contribution in [0.4, 0.5) is 0 Å². The molecule has 0 heterocycles. The molecule has 4 heteroatoms. The van der Waals surface area contributed by atoms with Gasteiger partial charge in [0.05, 0.1) is 0 Å². The maximum atomic E-state index is 11.9. The molecule has 0 atom stereocenters. The molecule has 3 nitrogen and oxygen atoms in total. The molecule has 0 saturated carbocycles. The van der Waals surface area contributed by atoms with E-state index in [0.29, 0.717) is 13.0 Å². The number of amides is 1. The molecule has 2 N–H and O–H groups in total. The SMILES string of the molecule is CCNCCNC(=O)CC(C)(C)c1ccccc1.Cl. The van der Waals surface area contributed by atoms with Crippen LogP contribution in [0.3, 0.4) is 0 Å². The predicted molar refractivity (Wildman–Crippen MR) is 82.9 cm³/mol. The monoisotopic (exact) mass is 284 g/mol. The highest BCUT2D eigenvalue weighted by molar-refractivity contribution is 5.85. The van der Waals surface area contributed by atoms with Crippen molar-refractivity contribution >= 4 is 18.3 Å². The molecule has 0 radical (unpaired) electrons. The Morgan fingerprint density at radius 2 is 1.79 bits per heavy atom. The van der Waals surface area contributed by atoms with E-state index in [1.54, 1.807) is 0 Å². The number of hydrogen-bond acceptors (Lipinski definition) is 2. The van der Waals surface area contributed by atoms with Crippen LogP contribution < -0.4 is 10.6 Å². The summed E-state index contributed by atoms with van der Waals surface area (Å²) < 4.78 is 0. The van der Waals surface area contributed by atoms with E-state index >= 15 is 0 Å². The molecule has 1 aromatic carbocycles. The molecule has 0 aliphatic heterocycles. The average Bonchev–Trinajstić information content (AvgIpc) is 2.35. The number of carbonyl (C=O) groups is 1. The van der Waals surface area contributed by atoms with Gasteiger partial charge in [0.15, 0.2) is 0 Å². The van der Waals surface area contributed by atoms with Crippen molar-refractivity contribution in [1.29, 1.82) is 0 Å². The normalized spacial score (nSPS) is 10.7. The second kappa shape index (κ2) is 8.94. The minimum Gasteiger partial charge on any atom is -0.355 e. The Labute approximate surface area is 122 Å². The van der Waals surface area contributed by atoms with E-state index in [2.05, 4.69) is 43.5 Å². The molecule has 0 fully saturated rings. The summed E-state index contributed by atoms with van der Waals surface area (Å²) in [7, 11) is 0. The van der Waals surface area contributed by atoms with Crippen LogP contribution in [0.25, 0.3) is 0 Å². The van der Waals surface area contributed by atoms with Gasteiger partial charge in [-0.3, -0.25) is 4.79 Å². The summed E-state index contributed by atoms with van der Waals surface area (Å²) >= 11 is 0. The highest BCUT2D eigenvalue weighted by atomic mass is 35.5. The first-order valence-electron chi connectivity index (χ1n) is 6.59. The fourth-order valence-electron chi connectivity index (χ4n) is 1.92. The highest BCUT2D eigenvalue weighted by Gasteiger charge is 2.23. The van der Waals surface area contributed by atoms with Crippen LogP contribution in [0.15, 0.2) is 30.3 Å². The highest BCUT2D eigenvalue weighted by Crippen LogP contribution is 2.26. The Bertz CT molecular complexity index is 366. The Morgan fingerprint density at radius 1 is 1.16 bits per heavy atom. The third kappa shape index (κ3) is 6.60. The van der Waals surface area contributed by atoms with Crippen LogP contribution in [-0.4, -0.2) is 25.5 Å². The summed E-state index contributed by atoms with van der Waals surface area (Å²) in [4.78, 5) is 11.9. The summed E-state index contributed by atoms with van der Waals surface area (Å²) in [5.74, 6) is 0.113. The molecule has 0 aromatic heterocycles. The van der Waals surface area contributed by atoms with Gasteiger partial charge in [-0.2, -0.15) is 0 Å². The Morgan fingerprint density at radius 3 is 2.37 bits per heavy atom. The van der Waals surface area contributed by atoms with Crippen LogP contribution in [0.2, 0.25) is 0 Å². The second-order valence-electron chi connectivity index (χ2n) is 5.13.